The molecule has 2 nitrogen and oxygen atoms in total. The van der Waals surface area contributed by atoms with Crippen molar-refractivity contribution in [3.8, 4) is 6.07 Å². The number of hydrogen-bond donors (Lipinski definition) is 1. The van der Waals surface area contributed by atoms with E-state index in [0.29, 0.717) is 16.6 Å². The summed E-state index contributed by atoms with van der Waals surface area (Å²) in [6.07, 6.45) is 1.18. The van der Waals surface area contributed by atoms with Crippen LogP contribution >= 0.6 is 23.4 Å². The van der Waals surface area contributed by atoms with E-state index in [1.807, 2.05) is 23.9 Å². The van der Waals surface area contributed by atoms with E-state index in [9.17, 15) is 0 Å². The Morgan fingerprint density at radius 2 is 2.38 bits per heavy atom. The summed E-state index contributed by atoms with van der Waals surface area (Å²) in [6.45, 7) is 2.25. The molecule has 0 radical (unpaired) electrons. The van der Waals surface area contributed by atoms with Crippen molar-refractivity contribution in [2.75, 3.05) is 11.1 Å². The average Bonchev–Trinajstić information content (AvgIpc) is 2.64. The van der Waals surface area contributed by atoms with Gasteiger partial charge in [0.1, 0.15) is 6.07 Å². The van der Waals surface area contributed by atoms with Crippen LogP contribution in [0.2, 0.25) is 5.02 Å². The second-order valence-corrected chi connectivity index (χ2v) is 5.91. The molecule has 0 bridgehead atoms. The highest BCUT2D eigenvalue weighted by atomic mass is 35.5. The molecule has 1 heterocycles. The molecule has 84 valence electrons. The van der Waals surface area contributed by atoms with E-state index < -0.39 is 0 Å². The topological polar surface area (TPSA) is 35.8 Å². The molecule has 16 heavy (non-hydrogen) atoms. The smallest absolute Gasteiger partial charge is 0.101 e. The van der Waals surface area contributed by atoms with Crippen LogP contribution in [0, 0.1) is 11.3 Å². The third-order valence-corrected chi connectivity index (χ3v) is 4.33. The van der Waals surface area contributed by atoms with Gasteiger partial charge in [-0.15, -0.1) is 0 Å². The summed E-state index contributed by atoms with van der Waals surface area (Å²) in [6, 6.07) is 8.08. The lowest BCUT2D eigenvalue weighted by molar-refractivity contribution is 0.747. The van der Waals surface area contributed by atoms with Crippen LogP contribution in [0.15, 0.2) is 18.2 Å². The van der Waals surface area contributed by atoms with Gasteiger partial charge in [0.25, 0.3) is 0 Å². The van der Waals surface area contributed by atoms with Gasteiger partial charge in [-0.1, -0.05) is 18.5 Å². The van der Waals surface area contributed by atoms with Gasteiger partial charge in [0, 0.05) is 22.7 Å². The minimum absolute atomic E-state index is 0.518. The van der Waals surface area contributed by atoms with Crippen LogP contribution in [-0.2, 0) is 0 Å². The van der Waals surface area contributed by atoms with Crippen LogP contribution in [0.25, 0.3) is 0 Å². The van der Waals surface area contributed by atoms with Crippen LogP contribution in [0.3, 0.4) is 0 Å². The van der Waals surface area contributed by atoms with Crippen LogP contribution in [-0.4, -0.2) is 17.0 Å². The number of thioether (sulfide) groups is 1. The molecule has 0 aliphatic carbocycles. The number of nitriles is 1. The number of anilines is 1. The average molecular weight is 253 g/mol. The monoisotopic (exact) mass is 252 g/mol. The molecule has 1 saturated heterocycles. The maximum absolute atomic E-state index is 8.77. The molecule has 4 heteroatoms. The minimum atomic E-state index is 0.518. The number of benzene rings is 1. The molecule has 2 atom stereocenters. The number of halogens is 1. The van der Waals surface area contributed by atoms with E-state index in [0.717, 1.165) is 16.7 Å². The van der Waals surface area contributed by atoms with Gasteiger partial charge in [-0.3, -0.25) is 0 Å². The predicted molar refractivity (Wildman–Crippen MR) is 70.1 cm³/mol. The molecule has 0 amide bonds. The standard InChI is InChI=1S/C12H13ClN2S/c1-8-4-11(7-16-8)15-10-3-2-9(6-14)12(13)5-10/h2-3,5,8,11,15H,4,7H2,1H3. The zero-order valence-corrected chi connectivity index (χ0v) is 10.6. The quantitative estimate of drug-likeness (QED) is 0.875. The van der Waals surface area contributed by atoms with Gasteiger partial charge in [0.15, 0.2) is 0 Å². The normalized spacial score (nSPS) is 24.1. The third-order valence-electron chi connectivity index (χ3n) is 2.66. The molecule has 0 aromatic heterocycles. The molecule has 0 spiro atoms. The van der Waals surface area contributed by atoms with Crippen molar-refractivity contribution in [2.45, 2.75) is 24.6 Å². The molecule has 1 aromatic carbocycles. The Morgan fingerprint density at radius 1 is 1.56 bits per heavy atom. The summed E-state index contributed by atoms with van der Waals surface area (Å²) >= 11 is 7.96. The highest BCUT2D eigenvalue weighted by Gasteiger charge is 2.21. The first-order valence-corrected chi connectivity index (χ1v) is 6.69. The first-order valence-electron chi connectivity index (χ1n) is 5.27. The Balaban J connectivity index is 2.05. The minimum Gasteiger partial charge on any atom is -0.381 e. The van der Waals surface area contributed by atoms with Crippen LogP contribution in [0.1, 0.15) is 18.9 Å². The predicted octanol–water partition coefficient (Wildman–Crippen LogP) is 3.52. The third kappa shape index (κ3) is 2.63. The van der Waals surface area contributed by atoms with Crippen molar-refractivity contribution in [2.24, 2.45) is 0 Å². The van der Waals surface area contributed by atoms with Gasteiger partial charge >= 0.3 is 0 Å². The largest absolute Gasteiger partial charge is 0.381 e. The van der Waals surface area contributed by atoms with Crippen LogP contribution in [0.4, 0.5) is 5.69 Å². The lowest BCUT2D eigenvalue weighted by Gasteiger charge is -2.13. The first-order chi connectivity index (χ1) is 7.69. The van der Waals surface area contributed by atoms with E-state index in [-0.39, 0.29) is 0 Å². The molecule has 1 aliphatic heterocycles. The molecular weight excluding hydrogens is 240 g/mol. The van der Waals surface area contributed by atoms with Crippen LogP contribution < -0.4 is 5.32 Å². The number of hydrogen-bond acceptors (Lipinski definition) is 3. The van der Waals surface area contributed by atoms with Gasteiger partial charge in [0.05, 0.1) is 10.6 Å². The van der Waals surface area contributed by atoms with E-state index in [4.69, 9.17) is 16.9 Å². The zero-order chi connectivity index (χ0) is 11.5. The molecular formula is C12H13ClN2S. The van der Waals surface area contributed by atoms with Gasteiger partial charge < -0.3 is 5.32 Å². The Morgan fingerprint density at radius 3 is 2.94 bits per heavy atom. The van der Waals surface area contributed by atoms with E-state index in [1.54, 1.807) is 6.07 Å². The fraction of sp³-hybridized carbons (Fsp3) is 0.417. The fourth-order valence-electron chi connectivity index (χ4n) is 1.85. The Bertz CT molecular complexity index is 428. The van der Waals surface area contributed by atoms with Gasteiger partial charge in [-0.25, -0.2) is 0 Å². The van der Waals surface area contributed by atoms with E-state index in [2.05, 4.69) is 18.3 Å². The van der Waals surface area contributed by atoms with Crippen molar-refractivity contribution in [1.29, 1.82) is 5.26 Å². The summed E-state index contributed by atoms with van der Waals surface area (Å²) in [4.78, 5) is 0. The van der Waals surface area contributed by atoms with Crippen molar-refractivity contribution in [1.82, 2.24) is 0 Å². The van der Waals surface area contributed by atoms with Crippen LogP contribution in [0.5, 0.6) is 0 Å². The van der Waals surface area contributed by atoms with Gasteiger partial charge in [-0.05, 0) is 24.6 Å². The second kappa shape index (κ2) is 4.99. The lowest BCUT2D eigenvalue weighted by Crippen LogP contribution is -2.18. The molecule has 2 rings (SSSR count). The summed E-state index contributed by atoms with van der Waals surface area (Å²) in [5.74, 6) is 1.14. The maximum Gasteiger partial charge on any atom is 0.101 e. The lowest BCUT2D eigenvalue weighted by atomic mass is 10.1. The molecule has 2 unspecified atom stereocenters. The molecule has 1 aromatic rings. The molecule has 1 N–H and O–H groups in total. The maximum atomic E-state index is 8.77. The summed E-state index contributed by atoms with van der Waals surface area (Å²) in [5.41, 5.74) is 1.53. The van der Waals surface area contributed by atoms with Crippen molar-refractivity contribution in [3.05, 3.63) is 28.8 Å². The van der Waals surface area contributed by atoms with E-state index in [1.165, 1.54) is 6.42 Å². The van der Waals surface area contributed by atoms with Crippen molar-refractivity contribution < 1.29 is 0 Å². The Hall–Kier alpha value is -0.850. The molecule has 0 saturated carbocycles. The summed E-state index contributed by atoms with van der Waals surface area (Å²) in [5, 5.41) is 13.5. The highest BCUT2D eigenvalue weighted by Crippen LogP contribution is 2.29. The van der Waals surface area contributed by atoms with Crippen molar-refractivity contribution >= 4 is 29.1 Å². The highest BCUT2D eigenvalue weighted by molar-refractivity contribution is 8.00. The number of rotatable bonds is 2. The van der Waals surface area contributed by atoms with E-state index >= 15 is 0 Å². The first kappa shape index (κ1) is 11.6. The fourth-order valence-corrected chi connectivity index (χ4v) is 3.22. The summed E-state index contributed by atoms with van der Waals surface area (Å²) < 4.78 is 0. The Kier molecular flexibility index (Phi) is 3.63. The van der Waals surface area contributed by atoms with Crippen molar-refractivity contribution in [3.63, 3.8) is 0 Å². The second-order valence-electron chi connectivity index (χ2n) is 4.03. The van der Waals surface area contributed by atoms with Gasteiger partial charge in [0.2, 0.25) is 0 Å². The zero-order valence-electron chi connectivity index (χ0n) is 9.03. The number of nitrogens with one attached hydrogen (secondary N) is 1. The van der Waals surface area contributed by atoms with Gasteiger partial charge in [-0.2, -0.15) is 17.0 Å². The SMILES string of the molecule is CC1CC(Nc2ccc(C#N)c(Cl)c2)CS1. The summed E-state index contributed by atoms with van der Waals surface area (Å²) in [7, 11) is 0. The molecule has 1 aliphatic rings. The molecule has 1 fully saturated rings. The Labute approximate surface area is 105 Å². The number of nitrogens with zero attached hydrogens (tertiary/aromatic N) is 1.